The minimum absolute atomic E-state index is 0.133. The average molecular weight is 168 g/mol. The summed E-state index contributed by atoms with van der Waals surface area (Å²) < 4.78 is 5.17. The molecule has 1 aromatic rings. The predicted octanol–water partition coefficient (Wildman–Crippen LogP) is 1.08. The summed E-state index contributed by atoms with van der Waals surface area (Å²) in [6.07, 6.45) is 0. The summed E-state index contributed by atoms with van der Waals surface area (Å²) in [5.41, 5.74) is 3.05. The number of benzene rings is 1. The molecule has 4 nitrogen and oxygen atoms in total. The van der Waals surface area contributed by atoms with Crippen molar-refractivity contribution in [2.24, 2.45) is 5.84 Å². The Morgan fingerprint density at radius 1 is 1.50 bits per heavy atom. The molecule has 4 heteroatoms. The molecule has 0 spiro atoms. The molecule has 0 fully saturated rings. The Morgan fingerprint density at radius 3 is 2.83 bits per heavy atom. The number of rotatable bonds is 3. The van der Waals surface area contributed by atoms with Crippen molar-refractivity contribution in [1.29, 1.82) is 0 Å². The largest absolute Gasteiger partial charge is 0.508 e. The van der Waals surface area contributed by atoms with Gasteiger partial charge < -0.3 is 15.3 Å². The lowest BCUT2D eigenvalue weighted by atomic mass is 10.3. The van der Waals surface area contributed by atoms with Crippen LogP contribution in [0.3, 0.4) is 0 Å². The molecule has 12 heavy (non-hydrogen) atoms. The zero-order valence-corrected chi connectivity index (χ0v) is 6.87. The Hall–Kier alpha value is -1.42. The van der Waals surface area contributed by atoms with Gasteiger partial charge >= 0.3 is 0 Å². The van der Waals surface area contributed by atoms with E-state index in [1.54, 1.807) is 6.07 Å². The van der Waals surface area contributed by atoms with E-state index >= 15 is 0 Å². The smallest absolute Gasteiger partial charge is 0.125 e. The van der Waals surface area contributed by atoms with Gasteiger partial charge in [-0.05, 0) is 6.92 Å². The molecule has 0 aliphatic heterocycles. The highest BCUT2D eigenvalue weighted by atomic mass is 16.5. The molecule has 4 N–H and O–H groups in total. The predicted molar refractivity (Wildman–Crippen MR) is 47.1 cm³/mol. The highest BCUT2D eigenvalue weighted by Crippen LogP contribution is 2.24. The van der Waals surface area contributed by atoms with E-state index in [1.807, 2.05) is 6.92 Å². The van der Waals surface area contributed by atoms with Crippen molar-refractivity contribution in [3.63, 3.8) is 0 Å². The molecule has 0 aliphatic carbocycles. The first-order valence-electron chi connectivity index (χ1n) is 3.69. The van der Waals surface area contributed by atoms with Crippen LogP contribution in [0.25, 0.3) is 0 Å². The van der Waals surface area contributed by atoms with Gasteiger partial charge in [-0.3, -0.25) is 5.84 Å². The van der Waals surface area contributed by atoms with Crippen LogP contribution in [0.1, 0.15) is 6.92 Å². The van der Waals surface area contributed by atoms with Crippen LogP contribution in [0.2, 0.25) is 0 Å². The summed E-state index contributed by atoms with van der Waals surface area (Å²) in [4.78, 5) is 0. The molecule has 0 unspecified atom stereocenters. The highest BCUT2D eigenvalue weighted by Gasteiger charge is 1.98. The Bertz CT molecular complexity index is 263. The molecule has 0 atom stereocenters. The first-order valence-corrected chi connectivity index (χ1v) is 3.69. The Kier molecular flexibility index (Phi) is 2.76. The Labute approximate surface area is 70.9 Å². The van der Waals surface area contributed by atoms with Crippen molar-refractivity contribution >= 4 is 5.69 Å². The lowest BCUT2D eigenvalue weighted by molar-refractivity contribution is 0.338. The average Bonchev–Trinajstić information content (AvgIpc) is 2.04. The molecular weight excluding hydrogens is 156 g/mol. The molecule has 0 saturated heterocycles. The van der Waals surface area contributed by atoms with Crippen molar-refractivity contribution in [2.45, 2.75) is 6.92 Å². The van der Waals surface area contributed by atoms with Gasteiger partial charge in [0.2, 0.25) is 0 Å². The normalized spacial score (nSPS) is 9.50. The second-order valence-electron chi connectivity index (χ2n) is 2.29. The minimum Gasteiger partial charge on any atom is -0.508 e. The highest BCUT2D eigenvalue weighted by molar-refractivity contribution is 5.52. The maximum absolute atomic E-state index is 9.18. The van der Waals surface area contributed by atoms with Crippen LogP contribution in [-0.4, -0.2) is 11.7 Å². The summed E-state index contributed by atoms with van der Waals surface area (Å²) in [6, 6.07) is 4.76. The first kappa shape index (κ1) is 8.67. The second kappa shape index (κ2) is 3.82. The van der Waals surface area contributed by atoms with Crippen molar-refractivity contribution in [3.8, 4) is 11.5 Å². The molecule has 1 aromatic carbocycles. The van der Waals surface area contributed by atoms with Crippen LogP contribution in [0, 0.1) is 0 Å². The Balaban J connectivity index is 2.90. The van der Waals surface area contributed by atoms with E-state index in [4.69, 9.17) is 10.6 Å². The van der Waals surface area contributed by atoms with Crippen LogP contribution < -0.4 is 16.0 Å². The van der Waals surface area contributed by atoms with Gasteiger partial charge in [-0.2, -0.15) is 0 Å². The van der Waals surface area contributed by atoms with Crippen LogP contribution in [0.4, 0.5) is 5.69 Å². The second-order valence-corrected chi connectivity index (χ2v) is 2.29. The molecule has 0 amide bonds. The fourth-order valence-electron chi connectivity index (χ4n) is 0.917. The number of ether oxygens (including phenoxy) is 1. The number of anilines is 1. The van der Waals surface area contributed by atoms with Gasteiger partial charge in [-0.25, -0.2) is 0 Å². The zero-order valence-electron chi connectivity index (χ0n) is 6.87. The SMILES string of the molecule is CCOc1cc(O)cc(NN)c1. The van der Waals surface area contributed by atoms with Gasteiger partial charge in [0, 0.05) is 18.2 Å². The molecular formula is C8H12N2O2. The fraction of sp³-hybridized carbons (Fsp3) is 0.250. The van der Waals surface area contributed by atoms with Crippen LogP contribution in [0.5, 0.6) is 11.5 Å². The molecule has 0 aromatic heterocycles. The molecule has 1 rings (SSSR count). The summed E-state index contributed by atoms with van der Waals surface area (Å²) in [5.74, 6) is 5.90. The van der Waals surface area contributed by atoms with Crippen molar-refractivity contribution in [2.75, 3.05) is 12.0 Å². The van der Waals surface area contributed by atoms with E-state index in [1.165, 1.54) is 12.1 Å². The van der Waals surface area contributed by atoms with Crippen LogP contribution >= 0.6 is 0 Å². The molecule has 0 bridgehead atoms. The van der Waals surface area contributed by atoms with E-state index < -0.39 is 0 Å². The number of hydrogen-bond acceptors (Lipinski definition) is 4. The number of nitrogens with one attached hydrogen (secondary N) is 1. The first-order chi connectivity index (χ1) is 5.76. The van der Waals surface area contributed by atoms with E-state index in [-0.39, 0.29) is 5.75 Å². The molecule has 66 valence electrons. The van der Waals surface area contributed by atoms with Gasteiger partial charge in [0.1, 0.15) is 11.5 Å². The number of nitrogens with two attached hydrogens (primary N) is 1. The quantitative estimate of drug-likeness (QED) is 0.466. The van der Waals surface area contributed by atoms with Gasteiger partial charge in [0.25, 0.3) is 0 Å². The van der Waals surface area contributed by atoms with Gasteiger partial charge in [0.05, 0.1) is 12.3 Å². The lowest BCUT2D eigenvalue weighted by Gasteiger charge is -2.06. The number of hydrogen-bond donors (Lipinski definition) is 3. The van der Waals surface area contributed by atoms with E-state index in [0.717, 1.165) is 0 Å². The van der Waals surface area contributed by atoms with Gasteiger partial charge in [0.15, 0.2) is 0 Å². The third-order valence-corrected chi connectivity index (χ3v) is 1.37. The molecule has 0 heterocycles. The molecule has 0 aliphatic rings. The number of aromatic hydroxyl groups is 1. The van der Waals surface area contributed by atoms with Gasteiger partial charge in [-0.1, -0.05) is 0 Å². The maximum atomic E-state index is 9.18. The number of nitrogen functional groups attached to an aromatic ring is 1. The monoisotopic (exact) mass is 168 g/mol. The standard InChI is InChI=1S/C8H12N2O2/c1-2-12-8-4-6(10-9)3-7(11)5-8/h3-5,10-11H,2,9H2,1H3. The fourth-order valence-corrected chi connectivity index (χ4v) is 0.917. The third-order valence-electron chi connectivity index (χ3n) is 1.37. The number of phenolic OH excluding ortho intramolecular Hbond substituents is 1. The van der Waals surface area contributed by atoms with E-state index in [9.17, 15) is 5.11 Å². The van der Waals surface area contributed by atoms with Crippen molar-refractivity contribution in [1.82, 2.24) is 0 Å². The number of hydrazine groups is 1. The molecule has 0 saturated carbocycles. The topological polar surface area (TPSA) is 67.5 Å². The summed E-state index contributed by atoms with van der Waals surface area (Å²) in [7, 11) is 0. The van der Waals surface area contributed by atoms with Crippen molar-refractivity contribution in [3.05, 3.63) is 18.2 Å². The van der Waals surface area contributed by atoms with E-state index in [2.05, 4.69) is 5.43 Å². The minimum atomic E-state index is 0.133. The summed E-state index contributed by atoms with van der Waals surface area (Å²) >= 11 is 0. The summed E-state index contributed by atoms with van der Waals surface area (Å²) in [5, 5.41) is 9.18. The van der Waals surface area contributed by atoms with Crippen LogP contribution in [0.15, 0.2) is 18.2 Å². The maximum Gasteiger partial charge on any atom is 0.125 e. The van der Waals surface area contributed by atoms with E-state index in [0.29, 0.717) is 18.0 Å². The summed E-state index contributed by atoms with van der Waals surface area (Å²) in [6.45, 7) is 2.44. The van der Waals surface area contributed by atoms with Crippen molar-refractivity contribution < 1.29 is 9.84 Å². The molecule has 0 radical (unpaired) electrons. The van der Waals surface area contributed by atoms with Gasteiger partial charge in [-0.15, -0.1) is 0 Å². The lowest BCUT2D eigenvalue weighted by Crippen LogP contribution is -2.06. The number of phenols is 1. The third kappa shape index (κ3) is 2.03. The Morgan fingerprint density at radius 2 is 2.25 bits per heavy atom. The zero-order chi connectivity index (χ0) is 8.97. The van der Waals surface area contributed by atoms with Crippen LogP contribution in [-0.2, 0) is 0 Å².